The van der Waals surface area contributed by atoms with E-state index in [1.807, 2.05) is 18.2 Å². The van der Waals surface area contributed by atoms with Crippen LogP contribution in [-0.2, 0) is 4.79 Å². The van der Waals surface area contributed by atoms with Gasteiger partial charge in [0, 0.05) is 12.6 Å². The first kappa shape index (κ1) is 6.08. The van der Waals surface area contributed by atoms with Gasteiger partial charge in [0.2, 0.25) is 0 Å². The molecule has 0 fully saturated rings. The highest BCUT2D eigenvalue weighted by Crippen LogP contribution is 2.07. The number of carbonyl (C=O) groups excluding carboxylic acids is 1. The van der Waals surface area contributed by atoms with Crippen LogP contribution in [0.25, 0.3) is 0 Å². The number of nitrogens with one attached hydrogen (secondary N) is 1. The van der Waals surface area contributed by atoms with Gasteiger partial charge in [-0.15, -0.1) is 0 Å². The molecule has 0 atom stereocenters. The van der Waals surface area contributed by atoms with E-state index in [1.165, 1.54) is 0 Å². The highest BCUT2D eigenvalue weighted by molar-refractivity contribution is 5.96. The molecule has 0 aromatic carbocycles. The molecule has 0 saturated carbocycles. The van der Waals surface area contributed by atoms with Gasteiger partial charge in [-0.05, 0) is 6.42 Å². The first-order chi connectivity index (χ1) is 4.34. The van der Waals surface area contributed by atoms with Crippen molar-refractivity contribution in [3.8, 4) is 0 Å². The summed E-state index contributed by atoms with van der Waals surface area (Å²) in [4.78, 5) is 10.8. The summed E-state index contributed by atoms with van der Waals surface area (Å²) in [5.41, 5.74) is 0.775. The molecule has 2 nitrogen and oxygen atoms in total. The highest BCUT2D eigenvalue weighted by atomic mass is 16.1. The van der Waals surface area contributed by atoms with E-state index < -0.39 is 0 Å². The summed E-state index contributed by atoms with van der Waals surface area (Å²) in [5, 5.41) is 2.55. The summed E-state index contributed by atoms with van der Waals surface area (Å²) in [6.45, 7) is 0. The van der Waals surface area contributed by atoms with E-state index in [0.29, 0.717) is 0 Å². The van der Waals surface area contributed by atoms with E-state index in [9.17, 15) is 4.79 Å². The predicted molar refractivity (Wildman–Crippen MR) is 35.9 cm³/mol. The molecular weight excluding hydrogens is 114 g/mol. The first-order valence-electron chi connectivity index (χ1n) is 2.93. The van der Waals surface area contributed by atoms with Crippen LogP contribution in [0.5, 0.6) is 0 Å². The summed E-state index contributed by atoms with van der Waals surface area (Å²) < 4.78 is 0. The predicted octanol–water partition coefficient (Wildman–Crippen LogP) is 0.619. The van der Waals surface area contributed by atoms with E-state index in [2.05, 4.69) is 5.32 Å². The topological polar surface area (TPSA) is 29.1 Å². The Kier molecular flexibility index (Phi) is 1.68. The second-order valence-electron chi connectivity index (χ2n) is 1.88. The lowest BCUT2D eigenvalue weighted by atomic mass is 10.3. The summed E-state index contributed by atoms with van der Waals surface area (Å²) in [6, 6.07) is 0. The van der Waals surface area contributed by atoms with Gasteiger partial charge < -0.3 is 5.32 Å². The minimum Gasteiger partial charge on any atom is -0.355 e. The van der Waals surface area contributed by atoms with Crippen molar-refractivity contribution < 1.29 is 4.79 Å². The monoisotopic (exact) mass is 123 g/mol. The molecule has 0 saturated heterocycles. The number of hydrogen-bond donors (Lipinski definition) is 1. The van der Waals surface area contributed by atoms with Crippen molar-refractivity contribution in [3.05, 3.63) is 23.8 Å². The van der Waals surface area contributed by atoms with E-state index in [-0.39, 0.29) is 5.91 Å². The van der Waals surface area contributed by atoms with Gasteiger partial charge in [0.25, 0.3) is 5.91 Å². The molecule has 1 rings (SSSR count). The summed E-state index contributed by atoms with van der Waals surface area (Å²) in [5.74, 6) is 0.00347. The molecule has 48 valence electrons. The molecule has 1 amide bonds. The fourth-order valence-electron chi connectivity index (χ4n) is 0.771. The van der Waals surface area contributed by atoms with Crippen molar-refractivity contribution in [2.45, 2.75) is 6.42 Å². The zero-order valence-corrected chi connectivity index (χ0v) is 5.35. The molecule has 1 aliphatic rings. The molecule has 0 heterocycles. The van der Waals surface area contributed by atoms with Crippen LogP contribution in [0.2, 0.25) is 0 Å². The molecule has 9 heavy (non-hydrogen) atoms. The van der Waals surface area contributed by atoms with Gasteiger partial charge in [-0.3, -0.25) is 4.79 Å². The molecule has 0 bridgehead atoms. The van der Waals surface area contributed by atoms with Crippen LogP contribution >= 0.6 is 0 Å². The lowest BCUT2D eigenvalue weighted by molar-refractivity contribution is -0.116. The lowest BCUT2D eigenvalue weighted by Crippen LogP contribution is -2.18. The zero-order chi connectivity index (χ0) is 6.69. The Hall–Kier alpha value is -1.05. The molecule has 0 radical (unpaired) electrons. The fourth-order valence-corrected chi connectivity index (χ4v) is 0.771. The Morgan fingerprint density at radius 1 is 1.78 bits per heavy atom. The SMILES string of the molecule is CNC(=O)C1=CCC=C1. The van der Waals surface area contributed by atoms with Crippen LogP contribution in [0.1, 0.15) is 6.42 Å². The molecule has 1 aliphatic carbocycles. The maximum Gasteiger partial charge on any atom is 0.250 e. The Morgan fingerprint density at radius 3 is 3.00 bits per heavy atom. The van der Waals surface area contributed by atoms with E-state index in [1.54, 1.807) is 7.05 Å². The first-order valence-corrected chi connectivity index (χ1v) is 2.93. The smallest absolute Gasteiger partial charge is 0.250 e. The molecule has 0 unspecified atom stereocenters. The van der Waals surface area contributed by atoms with Crippen molar-refractivity contribution in [2.24, 2.45) is 0 Å². The molecule has 2 heteroatoms. The zero-order valence-electron chi connectivity index (χ0n) is 5.35. The average Bonchev–Trinajstić information content (AvgIpc) is 2.37. The van der Waals surface area contributed by atoms with Gasteiger partial charge in [0.15, 0.2) is 0 Å². The third kappa shape index (κ3) is 1.19. The van der Waals surface area contributed by atoms with E-state index in [4.69, 9.17) is 0 Å². The minimum atomic E-state index is 0.00347. The maximum absolute atomic E-state index is 10.8. The molecule has 0 aromatic rings. The van der Waals surface area contributed by atoms with Gasteiger partial charge >= 0.3 is 0 Å². The standard InChI is InChI=1S/C7H9NO/c1-8-7(9)6-4-2-3-5-6/h2,4-5H,3H2,1H3,(H,8,9). The highest BCUT2D eigenvalue weighted by Gasteiger charge is 2.04. The second-order valence-corrected chi connectivity index (χ2v) is 1.88. The van der Waals surface area contributed by atoms with Crippen molar-refractivity contribution in [1.29, 1.82) is 0 Å². The van der Waals surface area contributed by atoms with Crippen LogP contribution in [-0.4, -0.2) is 13.0 Å². The number of rotatable bonds is 1. The van der Waals surface area contributed by atoms with Crippen LogP contribution in [0.3, 0.4) is 0 Å². The van der Waals surface area contributed by atoms with Gasteiger partial charge in [0.05, 0.1) is 0 Å². The quantitative estimate of drug-likeness (QED) is 0.544. The largest absolute Gasteiger partial charge is 0.355 e. The van der Waals surface area contributed by atoms with E-state index in [0.717, 1.165) is 12.0 Å². The van der Waals surface area contributed by atoms with Crippen molar-refractivity contribution in [1.82, 2.24) is 5.32 Å². The number of likely N-dealkylation sites (N-methyl/N-ethyl adjacent to an activating group) is 1. The summed E-state index contributed by atoms with van der Waals surface area (Å²) in [6.07, 6.45) is 6.59. The van der Waals surface area contributed by atoms with Crippen LogP contribution in [0, 0.1) is 0 Å². The van der Waals surface area contributed by atoms with E-state index >= 15 is 0 Å². The Morgan fingerprint density at radius 2 is 2.56 bits per heavy atom. The van der Waals surface area contributed by atoms with Gasteiger partial charge in [-0.1, -0.05) is 18.2 Å². The molecule has 0 aromatic heterocycles. The molecule has 0 spiro atoms. The lowest BCUT2D eigenvalue weighted by Gasteiger charge is -1.93. The Bertz CT molecular complexity index is 179. The third-order valence-corrected chi connectivity index (χ3v) is 1.26. The van der Waals surface area contributed by atoms with Gasteiger partial charge in [-0.2, -0.15) is 0 Å². The molecule has 0 aliphatic heterocycles. The Labute approximate surface area is 54.3 Å². The van der Waals surface area contributed by atoms with Gasteiger partial charge in [0.1, 0.15) is 0 Å². The van der Waals surface area contributed by atoms with Crippen molar-refractivity contribution in [3.63, 3.8) is 0 Å². The Balaban J connectivity index is 2.62. The van der Waals surface area contributed by atoms with Crippen molar-refractivity contribution >= 4 is 5.91 Å². The normalized spacial score (nSPS) is 15.4. The van der Waals surface area contributed by atoms with Gasteiger partial charge in [-0.25, -0.2) is 0 Å². The summed E-state index contributed by atoms with van der Waals surface area (Å²) >= 11 is 0. The van der Waals surface area contributed by atoms with Crippen LogP contribution in [0.15, 0.2) is 23.8 Å². The van der Waals surface area contributed by atoms with Crippen molar-refractivity contribution in [2.75, 3.05) is 7.05 Å². The number of hydrogen-bond acceptors (Lipinski definition) is 1. The summed E-state index contributed by atoms with van der Waals surface area (Å²) in [7, 11) is 1.63. The number of carbonyl (C=O) groups is 1. The fraction of sp³-hybridized carbons (Fsp3) is 0.286. The second kappa shape index (κ2) is 2.49. The number of allylic oxidation sites excluding steroid dienone is 2. The van der Waals surface area contributed by atoms with Crippen LogP contribution < -0.4 is 5.32 Å². The molecule has 1 N–H and O–H groups in total. The third-order valence-electron chi connectivity index (χ3n) is 1.26. The van der Waals surface area contributed by atoms with Crippen LogP contribution in [0.4, 0.5) is 0 Å². The minimum absolute atomic E-state index is 0.00347. The average molecular weight is 123 g/mol. The molecular formula is C7H9NO. The number of amides is 1. The maximum atomic E-state index is 10.8.